The van der Waals surface area contributed by atoms with Crippen LogP contribution < -0.4 is 0 Å². The second kappa shape index (κ2) is 18.8. The SMILES string of the molecule is O=P(O)(O)OC[C@H]1O[C@@H](O[C@H]2[C@H](OP(=O)(O)O)[C@@H](OP(=O)(O)O)[C@H](OP(=O)(O)O)O[C@@H]2COP(=O)(O)O)[C@H](OP(=O)(O)O)[C@@H](OP(=O)(O)O)[C@H]1OP(=O)(O)O. The van der Waals surface area contributed by atoms with E-state index >= 15 is 0 Å². The van der Waals surface area contributed by atoms with Crippen LogP contribution in [0.2, 0.25) is 0 Å². The minimum absolute atomic E-state index is 1.74. The van der Waals surface area contributed by atoms with Gasteiger partial charge in [-0.15, -0.1) is 0 Å². The summed E-state index contributed by atoms with van der Waals surface area (Å²) >= 11 is 0. The quantitative estimate of drug-likeness (QED) is 0.0512. The van der Waals surface area contributed by atoms with Gasteiger partial charge in [0, 0.05) is 0 Å². The van der Waals surface area contributed by atoms with Crippen LogP contribution in [0.25, 0.3) is 0 Å². The summed E-state index contributed by atoms with van der Waals surface area (Å²) in [6.07, 6.45) is -30.0. The summed E-state index contributed by atoms with van der Waals surface area (Å²) in [4.78, 5) is 151. The van der Waals surface area contributed by atoms with Gasteiger partial charge in [0.2, 0.25) is 0 Å². The van der Waals surface area contributed by atoms with Crippen LogP contribution in [0.5, 0.6) is 0 Å². The lowest BCUT2D eigenvalue weighted by Gasteiger charge is -2.49. The molecular weight excluding hydrogens is 952 g/mol. The molecule has 0 amide bonds. The van der Waals surface area contributed by atoms with Gasteiger partial charge in [-0.25, -0.2) is 36.5 Å². The molecule has 2 rings (SSSR count). The highest BCUT2D eigenvalue weighted by molar-refractivity contribution is 7.48. The van der Waals surface area contributed by atoms with Gasteiger partial charge in [0.25, 0.3) is 0 Å². The molecule has 2 heterocycles. The van der Waals surface area contributed by atoms with E-state index in [0.717, 1.165) is 0 Å². The Morgan fingerprint density at radius 2 is 0.600 bits per heavy atom. The molecule has 0 bridgehead atoms. The van der Waals surface area contributed by atoms with E-state index < -0.39 is 137 Å². The van der Waals surface area contributed by atoms with Crippen LogP contribution >= 0.6 is 62.6 Å². The van der Waals surface area contributed by atoms with Gasteiger partial charge in [-0.3, -0.25) is 36.2 Å². The molecular formula is C12H30O35P8. The molecule has 2 fully saturated rings. The van der Waals surface area contributed by atoms with E-state index in [2.05, 4.69) is 36.2 Å². The Labute approximate surface area is 302 Å². The molecule has 0 aromatic carbocycles. The molecule has 2 aliphatic rings. The fourth-order valence-corrected chi connectivity index (χ4v) is 8.28. The highest BCUT2D eigenvalue weighted by Gasteiger charge is 2.60. The summed E-state index contributed by atoms with van der Waals surface area (Å²) in [7, 11) is -48.1. The molecule has 328 valence electrons. The van der Waals surface area contributed by atoms with E-state index in [-0.39, 0.29) is 0 Å². The number of rotatable bonds is 20. The largest absolute Gasteiger partial charge is 0.472 e. The fourth-order valence-electron chi connectivity index (χ4n) is 4.40. The van der Waals surface area contributed by atoms with Crippen LogP contribution in [0.1, 0.15) is 0 Å². The Morgan fingerprint density at radius 1 is 0.327 bits per heavy atom. The van der Waals surface area contributed by atoms with Gasteiger partial charge >= 0.3 is 62.6 Å². The van der Waals surface area contributed by atoms with Crippen molar-refractivity contribution in [3.05, 3.63) is 0 Å². The van der Waals surface area contributed by atoms with Crippen molar-refractivity contribution in [1.29, 1.82) is 0 Å². The second-order valence-electron chi connectivity index (χ2n) is 10.2. The van der Waals surface area contributed by atoms with Crippen molar-refractivity contribution in [1.82, 2.24) is 0 Å². The average Bonchev–Trinajstić information content (AvgIpc) is 2.88. The number of hydrogen-bond acceptors (Lipinski definition) is 19. The molecule has 0 aliphatic carbocycles. The van der Waals surface area contributed by atoms with E-state index in [0.29, 0.717) is 0 Å². The van der Waals surface area contributed by atoms with E-state index in [9.17, 15) is 115 Å². The predicted octanol–water partition coefficient (Wildman–Crippen LogP) is -4.46. The molecule has 43 heteroatoms. The third kappa shape index (κ3) is 20.3. The summed E-state index contributed by atoms with van der Waals surface area (Å²) < 4.78 is 144. The van der Waals surface area contributed by atoms with Gasteiger partial charge in [-0.1, -0.05) is 0 Å². The molecule has 10 atom stereocenters. The maximum absolute atomic E-state index is 12.1. The van der Waals surface area contributed by atoms with Crippen molar-refractivity contribution in [2.45, 2.75) is 61.4 Å². The summed E-state index contributed by atoms with van der Waals surface area (Å²) in [6, 6.07) is 0. The first-order chi connectivity index (χ1) is 24.2. The lowest BCUT2D eigenvalue weighted by molar-refractivity contribution is -0.345. The van der Waals surface area contributed by atoms with Crippen molar-refractivity contribution in [3.8, 4) is 0 Å². The lowest BCUT2D eigenvalue weighted by atomic mass is 9.97. The molecule has 0 aromatic rings. The van der Waals surface area contributed by atoms with Crippen molar-refractivity contribution in [2.24, 2.45) is 0 Å². The molecule has 0 saturated carbocycles. The first kappa shape index (κ1) is 51.9. The standard InChI is InChI=1S/C12H30O35P8/c13-48(14,15)37-1-3-5(7(43-51(22,23)24)10(46-54(31,32)33)12(40-3)47-55(34,35)36)41-11-9(45-53(28,29)30)8(44-52(25,26)27)6(42-50(19,20)21)4(39-11)2-38-49(16,17)18/h3-12H,1-2H2,(H2,13,14,15)(H2,16,17,18)(H2,19,20,21)(H2,22,23,24)(H2,25,26,27)(H2,28,29,30)(H2,31,32,33)(H2,34,35,36)/t3-,4-,5-,6+,7+,8+,9-,10-,11+,12+/m1/s1. The zero-order valence-electron chi connectivity index (χ0n) is 25.7. The Morgan fingerprint density at radius 3 is 0.945 bits per heavy atom. The predicted molar refractivity (Wildman–Crippen MR) is 156 cm³/mol. The van der Waals surface area contributed by atoms with Crippen LogP contribution in [-0.4, -0.2) is 153 Å². The van der Waals surface area contributed by atoms with E-state index in [4.69, 9.17) is 14.2 Å². The Kier molecular flexibility index (Phi) is 17.7. The molecule has 2 saturated heterocycles. The minimum atomic E-state index is -6.20. The molecule has 0 radical (unpaired) electrons. The van der Waals surface area contributed by atoms with Gasteiger partial charge < -0.3 is 92.5 Å². The smallest absolute Gasteiger partial charge is 0.341 e. The Hall–Kier alpha value is 0.760. The van der Waals surface area contributed by atoms with Crippen molar-refractivity contribution < 1.29 is 165 Å². The summed E-state index contributed by atoms with van der Waals surface area (Å²) in [6.45, 7) is -3.50. The van der Waals surface area contributed by atoms with E-state index in [1.807, 2.05) is 0 Å². The summed E-state index contributed by atoms with van der Waals surface area (Å²) in [5.41, 5.74) is 0. The van der Waals surface area contributed by atoms with Crippen LogP contribution in [0.3, 0.4) is 0 Å². The van der Waals surface area contributed by atoms with Crippen molar-refractivity contribution in [2.75, 3.05) is 13.2 Å². The first-order valence-electron chi connectivity index (χ1n) is 13.0. The third-order valence-electron chi connectivity index (χ3n) is 5.82. The summed E-state index contributed by atoms with van der Waals surface area (Å²) in [5.74, 6) is 0. The molecule has 2 aliphatic heterocycles. The van der Waals surface area contributed by atoms with Crippen LogP contribution in [0, 0.1) is 0 Å². The van der Waals surface area contributed by atoms with E-state index in [1.54, 1.807) is 0 Å². The minimum Gasteiger partial charge on any atom is -0.341 e. The average molecular weight is 982 g/mol. The van der Waals surface area contributed by atoms with Gasteiger partial charge in [0.05, 0.1) is 13.2 Å². The van der Waals surface area contributed by atoms with Crippen molar-refractivity contribution >= 4 is 62.6 Å². The molecule has 35 nitrogen and oxygen atoms in total. The van der Waals surface area contributed by atoms with Gasteiger partial charge in [-0.05, 0) is 0 Å². The molecule has 0 spiro atoms. The third-order valence-corrected chi connectivity index (χ3v) is 9.87. The lowest BCUT2D eigenvalue weighted by Crippen LogP contribution is -2.66. The van der Waals surface area contributed by atoms with Crippen molar-refractivity contribution in [3.63, 3.8) is 0 Å². The highest BCUT2D eigenvalue weighted by Crippen LogP contribution is 2.54. The normalized spacial score (nSPS) is 31.1. The molecule has 16 N–H and O–H groups in total. The topological polar surface area (TPSA) is 562 Å². The maximum Gasteiger partial charge on any atom is 0.472 e. The number of phosphoric acid groups is 8. The highest BCUT2D eigenvalue weighted by atomic mass is 31.2. The van der Waals surface area contributed by atoms with Crippen LogP contribution in [-0.2, 0) is 86.9 Å². The number of hydrogen-bond donors (Lipinski definition) is 16. The van der Waals surface area contributed by atoms with Crippen LogP contribution in [0.15, 0.2) is 0 Å². The number of ether oxygens (including phenoxy) is 3. The zero-order chi connectivity index (χ0) is 43.0. The molecule has 0 aromatic heterocycles. The maximum atomic E-state index is 12.1. The fraction of sp³-hybridized carbons (Fsp3) is 1.00. The molecule has 55 heavy (non-hydrogen) atoms. The second-order valence-corrected chi connectivity index (χ2v) is 19.8. The van der Waals surface area contributed by atoms with Gasteiger partial charge in [0.15, 0.2) is 18.7 Å². The Bertz CT molecular complexity index is 1680. The van der Waals surface area contributed by atoms with Gasteiger partial charge in [-0.2, -0.15) is 0 Å². The first-order valence-corrected chi connectivity index (χ1v) is 25.3. The number of phosphoric ester groups is 8. The Balaban J connectivity index is 2.97. The zero-order valence-corrected chi connectivity index (χ0v) is 32.8. The van der Waals surface area contributed by atoms with Gasteiger partial charge in [0.1, 0.15) is 42.7 Å². The monoisotopic (exact) mass is 982 g/mol. The summed E-state index contributed by atoms with van der Waals surface area (Å²) in [5, 5.41) is 0. The van der Waals surface area contributed by atoms with E-state index in [1.165, 1.54) is 0 Å². The van der Waals surface area contributed by atoms with Crippen LogP contribution in [0.4, 0.5) is 0 Å². The molecule has 0 unspecified atom stereocenters.